The molecule has 0 aliphatic carbocycles. The molecule has 2 heterocycles. The summed E-state index contributed by atoms with van der Waals surface area (Å²) in [4.78, 5) is 33.0. The van der Waals surface area contributed by atoms with E-state index in [0.717, 1.165) is 4.70 Å². The zero-order valence-electron chi connectivity index (χ0n) is 21.1. The Morgan fingerprint density at radius 2 is 1.58 bits per heavy atom. The minimum absolute atomic E-state index is 0.0766. The van der Waals surface area contributed by atoms with Crippen molar-refractivity contribution in [2.45, 2.75) is 6.04 Å². The number of aliphatic hydroxyl groups excluding tert-OH is 1. The van der Waals surface area contributed by atoms with Crippen molar-refractivity contribution in [3.8, 4) is 23.0 Å². The van der Waals surface area contributed by atoms with Gasteiger partial charge in [0.25, 0.3) is 5.78 Å². The van der Waals surface area contributed by atoms with E-state index < -0.39 is 17.7 Å². The molecule has 5 rings (SSSR count). The van der Waals surface area contributed by atoms with E-state index in [0.29, 0.717) is 44.8 Å². The van der Waals surface area contributed by atoms with Crippen LogP contribution in [-0.4, -0.2) is 50.2 Å². The van der Waals surface area contributed by atoms with E-state index in [1.54, 1.807) is 61.7 Å². The molecule has 0 saturated carbocycles. The number of fused-ring (bicyclic) bond motifs is 1. The molecule has 0 radical (unpaired) electrons. The van der Waals surface area contributed by atoms with Crippen molar-refractivity contribution in [3.63, 3.8) is 0 Å². The van der Waals surface area contributed by atoms with Gasteiger partial charge in [0.15, 0.2) is 16.6 Å². The van der Waals surface area contributed by atoms with Gasteiger partial charge in [0.05, 0.1) is 50.3 Å². The second kappa shape index (κ2) is 10.1. The molecule has 0 bridgehead atoms. The lowest BCUT2D eigenvalue weighted by Crippen LogP contribution is -2.29. The highest BCUT2D eigenvalue weighted by molar-refractivity contribution is 7.22. The number of carbonyl (C=O) groups is 2. The number of hydrogen-bond acceptors (Lipinski definition) is 9. The Morgan fingerprint density at radius 1 is 0.895 bits per heavy atom. The second-order valence-electron chi connectivity index (χ2n) is 8.32. The fourth-order valence-corrected chi connectivity index (χ4v) is 5.50. The summed E-state index contributed by atoms with van der Waals surface area (Å²) >= 11 is 1.24. The van der Waals surface area contributed by atoms with Crippen LogP contribution in [0.1, 0.15) is 17.2 Å². The number of thiazole rings is 1. The van der Waals surface area contributed by atoms with Crippen LogP contribution in [0, 0.1) is 0 Å². The van der Waals surface area contributed by atoms with Crippen molar-refractivity contribution < 1.29 is 33.6 Å². The Balaban J connectivity index is 1.77. The van der Waals surface area contributed by atoms with Crippen molar-refractivity contribution in [1.82, 2.24) is 4.98 Å². The van der Waals surface area contributed by atoms with Gasteiger partial charge in [-0.1, -0.05) is 41.7 Å². The molecule has 9 nitrogen and oxygen atoms in total. The van der Waals surface area contributed by atoms with Crippen LogP contribution < -0.4 is 23.8 Å². The number of aromatic nitrogens is 1. The Kier molecular flexibility index (Phi) is 6.64. The van der Waals surface area contributed by atoms with Gasteiger partial charge in [-0.15, -0.1) is 0 Å². The van der Waals surface area contributed by atoms with E-state index in [9.17, 15) is 14.7 Å². The van der Waals surface area contributed by atoms with Gasteiger partial charge in [0.2, 0.25) is 5.75 Å². The molecular weight excluding hydrogens is 508 g/mol. The van der Waals surface area contributed by atoms with Crippen LogP contribution in [0.4, 0.5) is 5.13 Å². The zero-order valence-corrected chi connectivity index (χ0v) is 21.9. The number of benzene rings is 3. The SMILES string of the molecule is COc1ccc2nc(N3C(=O)C(=O)C(=C(O)c4ccccc4)[C@H]3c3cc(OC)c(OC)c(OC)c3)sc2c1. The topological polar surface area (TPSA) is 107 Å². The smallest absolute Gasteiger partial charge is 0.301 e. The number of aliphatic hydroxyl groups is 1. The standard InChI is InChI=1S/C28H24N2O7S/c1-34-17-10-11-18-21(14-17)38-28(29-18)30-23(16-12-19(35-2)26(37-4)20(13-16)36-3)22(25(32)27(30)33)24(31)15-8-6-5-7-9-15/h5-14,23,31H,1-4H3/t23-/m1/s1. The molecule has 4 aromatic rings. The fraction of sp³-hybridized carbons (Fsp3) is 0.179. The molecule has 0 spiro atoms. The number of hydrogen-bond donors (Lipinski definition) is 1. The number of amides is 1. The van der Waals surface area contributed by atoms with Crippen molar-refractivity contribution in [2.75, 3.05) is 33.3 Å². The first-order valence-corrected chi connectivity index (χ1v) is 12.3. The molecule has 3 aromatic carbocycles. The molecule has 10 heteroatoms. The maximum absolute atomic E-state index is 13.6. The van der Waals surface area contributed by atoms with Crippen molar-refractivity contribution in [1.29, 1.82) is 0 Å². The highest BCUT2D eigenvalue weighted by Crippen LogP contribution is 2.48. The molecule has 1 aromatic heterocycles. The number of nitrogens with zero attached hydrogens (tertiary/aromatic N) is 2. The third kappa shape index (κ3) is 4.08. The maximum atomic E-state index is 13.6. The zero-order chi connectivity index (χ0) is 27.0. The van der Waals surface area contributed by atoms with E-state index in [1.165, 1.54) is 37.6 Å². The Hall–Kier alpha value is -4.57. The first-order chi connectivity index (χ1) is 18.4. The fourth-order valence-electron chi connectivity index (χ4n) is 4.48. The lowest BCUT2D eigenvalue weighted by molar-refractivity contribution is -0.132. The monoisotopic (exact) mass is 532 g/mol. The van der Waals surface area contributed by atoms with Crippen LogP contribution in [0.5, 0.6) is 23.0 Å². The number of ether oxygens (including phenoxy) is 4. The van der Waals surface area contributed by atoms with Gasteiger partial charge in [0, 0.05) is 5.56 Å². The van der Waals surface area contributed by atoms with Crippen LogP contribution in [-0.2, 0) is 9.59 Å². The highest BCUT2D eigenvalue weighted by atomic mass is 32.1. The van der Waals surface area contributed by atoms with E-state index in [2.05, 4.69) is 4.98 Å². The summed E-state index contributed by atoms with van der Waals surface area (Å²) in [5, 5.41) is 11.6. The van der Waals surface area contributed by atoms with Gasteiger partial charge in [-0.2, -0.15) is 0 Å². The Bertz CT molecular complexity index is 1550. The van der Waals surface area contributed by atoms with Crippen molar-refractivity contribution in [2.24, 2.45) is 0 Å². The lowest BCUT2D eigenvalue weighted by Gasteiger charge is -2.24. The first-order valence-electron chi connectivity index (χ1n) is 11.5. The summed E-state index contributed by atoms with van der Waals surface area (Å²) in [6.07, 6.45) is 0. The number of carbonyl (C=O) groups excluding carboxylic acids is 2. The normalized spacial score (nSPS) is 16.6. The molecular formula is C28H24N2O7S. The number of ketones is 1. The summed E-state index contributed by atoms with van der Waals surface area (Å²) in [5.41, 5.74) is 1.43. The van der Waals surface area contributed by atoms with Crippen LogP contribution in [0.25, 0.3) is 16.0 Å². The number of anilines is 1. The van der Waals surface area contributed by atoms with Gasteiger partial charge < -0.3 is 24.1 Å². The quantitative estimate of drug-likeness (QED) is 0.202. The van der Waals surface area contributed by atoms with E-state index in [1.807, 2.05) is 6.07 Å². The molecule has 1 saturated heterocycles. The number of rotatable bonds is 7. The average Bonchev–Trinajstić information content (AvgIpc) is 3.49. The largest absolute Gasteiger partial charge is 0.507 e. The predicted molar refractivity (Wildman–Crippen MR) is 143 cm³/mol. The first kappa shape index (κ1) is 25.1. The molecule has 38 heavy (non-hydrogen) atoms. The van der Waals surface area contributed by atoms with Crippen LogP contribution in [0.2, 0.25) is 0 Å². The molecule has 194 valence electrons. The second-order valence-corrected chi connectivity index (χ2v) is 9.33. The van der Waals surface area contributed by atoms with E-state index in [4.69, 9.17) is 18.9 Å². The van der Waals surface area contributed by atoms with E-state index in [-0.39, 0.29) is 11.3 Å². The molecule has 1 fully saturated rings. The van der Waals surface area contributed by atoms with Gasteiger partial charge in [-0.3, -0.25) is 14.5 Å². The molecule has 1 N–H and O–H groups in total. The van der Waals surface area contributed by atoms with Crippen LogP contribution >= 0.6 is 11.3 Å². The number of methoxy groups -OCH3 is 4. The Labute approximate surface area is 222 Å². The third-order valence-corrected chi connectivity index (χ3v) is 7.30. The maximum Gasteiger partial charge on any atom is 0.301 e. The summed E-state index contributed by atoms with van der Waals surface area (Å²) in [6.45, 7) is 0. The van der Waals surface area contributed by atoms with Crippen molar-refractivity contribution in [3.05, 3.63) is 77.4 Å². The Morgan fingerprint density at radius 3 is 2.18 bits per heavy atom. The van der Waals surface area contributed by atoms with Gasteiger partial charge >= 0.3 is 5.91 Å². The summed E-state index contributed by atoms with van der Waals surface area (Å²) in [7, 11) is 6.00. The lowest BCUT2D eigenvalue weighted by atomic mass is 9.95. The van der Waals surface area contributed by atoms with E-state index >= 15 is 0 Å². The predicted octanol–water partition coefficient (Wildman–Crippen LogP) is 4.96. The minimum Gasteiger partial charge on any atom is -0.507 e. The molecule has 0 unspecified atom stereocenters. The van der Waals surface area contributed by atoms with Crippen LogP contribution in [0.15, 0.2) is 66.2 Å². The van der Waals surface area contributed by atoms with Crippen LogP contribution in [0.3, 0.4) is 0 Å². The summed E-state index contributed by atoms with van der Waals surface area (Å²) < 4.78 is 22.6. The molecule has 1 amide bonds. The van der Waals surface area contributed by atoms with Gasteiger partial charge in [-0.05, 0) is 35.9 Å². The van der Waals surface area contributed by atoms with Gasteiger partial charge in [-0.25, -0.2) is 4.98 Å². The molecule has 1 aliphatic heterocycles. The van der Waals surface area contributed by atoms with Crippen molar-refractivity contribution >= 4 is 44.1 Å². The highest BCUT2D eigenvalue weighted by Gasteiger charge is 2.48. The number of Topliss-reactive ketones (excluding diaryl/α,β-unsaturated/α-hetero) is 1. The summed E-state index contributed by atoms with van der Waals surface area (Å²) in [5.74, 6) is -0.282. The summed E-state index contributed by atoms with van der Waals surface area (Å²) in [6, 6.07) is 16.2. The minimum atomic E-state index is -1.02. The molecule has 1 atom stereocenters. The van der Waals surface area contributed by atoms with Gasteiger partial charge in [0.1, 0.15) is 11.5 Å². The third-order valence-electron chi connectivity index (χ3n) is 6.28. The average molecular weight is 533 g/mol. The molecule has 1 aliphatic rings.